The van der Waals surface area contributed by atoms with Crippen molar-refractivity contribution in [3.63, 3.8) is 0 Å². The van der Waals surface area contributed by atoms with Crippen molar-refractivity contribution in [3.8, 4) is 0 Å². The van der Waals surface area contributed by atoms with Gasteiger partial charge < -0.3 is 20.1 Å². The molecule has 1 aliphatic rings. The molecule has 0 aromatic carbocycles. The molecule has 4 unspecified atom stereocenters. The lowest BCUT2D eigenvalue weighted by molar-refractivity contribution is -0.0511. The third-order valence-electron chi connectivity index (χ3n) is 3.55. The highest BCUT2D eigenvalue weighted by Gasteiger charge is 2.44. The molecular weight excluding hydrogens is 296 g/mol. The lowest BCUT2D eigenvalue weighted by Gasteiger charge is -2.16. The Kier molecular flexibility index (Phi) is 3.84. The van der Waals surface area contributed by atoms with Crippen LogP contribution < -0.4 is 0 Å². The van der Waals surface area contributed by atoms with Crippen LogP contribution in [0.1, 0.15) is 11.9 Å². The molecule has 3 heterocycles. The summed E-state index contributed by atoms with van der Waals surface area (Å²) in [6, 6.07) is 0. The minimum Gasteiger partial charge on any atom is -0.394 e. The van der Waals surface area contributed by atoms with Crippen LogP contribution in [0.15, 0.2) is 11.5 Å². The summed E-state index contributed by atoms with van der Waals surface area (Å²) in [6.45, 7) is 1.46. The molecule has 3 rings (SSSR count). The summed E-state index contributed by atoms with van der Waals surface area (Å²) < 4.78 is 7.07. The topological polar surface area (TPSA) is 114 Å². The number of hydrogen-bond donors (Lipinski definition) is 3. The van der Waals surface area contributed by atoms with Gasteiger partial charge in [0, 0.05) is 0 Å². The highest BCUT2D eigenvalue weighted by molar-refractivity contribution is 7.98. The second-order valence-corrected chi connectivity index (χ2v) is 5.62. The molecule has 0 bridgehead atoms. The van der Waals surface area contributed by atoms with E-state index >= 15 is 0 Å². The maximum atomic E-state index is 10.1. The summed E-state index contributed by atoms with van der Waals surface area (Å²) in [6.07, 6.45) is -0.616. The van der Waals surface area contributed by atoms with Crippen LogP contribution in [0.25, 0.3) is 11.2 Å². The van der Waals surface area contributed by atoms with Crippen LogP contribution in [-0.2, 0) is 4.74 Å². The summed E-state index contributed by atoms with van der Waals surface area (Å²) >= 11 is 1.40. The van der Waals surface area contributed by atoms with E-state index in [1.165, 1.54) is 18.1 Å². The molecule has 1 aliphatic heterocycles. The fourth-order valence-corrected chi connectivity index (χ4v) is 2.83. The summed E-state index contributed by atoms with van der Waals surface area (Å²) in [4.78, 5) is 12.9. The molecular formula is C12H16N4O4S. The molecule has 4 atom stereocenters. The van der Waals surface area contributed by atoms with Crippen molar-refractivity contribution < 1.29 is 20.1 Å². The van der Waals surface area contributed by atoms with Crippen molar-refractivity contribution in [2.45, 2.75) is 36.6 Å². The number of aliphatic hydroxyl groups is 3. The number of aromatic nitrogens is 4. The molecule has 114 valence electrons. The second kappa shape index (κ2) is 5.50. The number of hydrogen-bond acceptors (Lipinski definition) is 8. The summed E-state index contributed by atoms with van der Waals surface area (Å²) in [5.74, 6) is 0. The van der Waals surface area contributed by atoms with Crippen molar-refractivity contribution in [1.29, 1.82) is 0 Å². The zero-order chi connectivity index (χ0) is 15.1. The van der Waals surface area contributed by atoms with Crippen LogP contribution in [0.4, 0.5) is 0 Å². The number of ether oxygens (including phenoxy) is 1. The first-order chi connectivity index (χ1) is 10.1. The maximum Gasteiger partial charge on any atom is 0.189 e. The molecule has 8 nitrogen and oxygen atoms in total. The third kappa shape index (κ3) is 2.30. The summed E-state index contributed by atoms with van der Waals surface area (Å²) in [7, 11) is 0. The van der Waals surface area contributed by atoms with Gasteiger partial charge in [0.1, 0.15) is 23.8 Å². The minimum absolute atomic E-state index is 0.370. The lowest BCUT2D eigenvalue weighted by Crippen LogP contribution is -2.33. The summed E-state index contributed by atoms with van der Waals surface area (Å²) in [5.41, 5.74) is 1.88. The van der Waals surface area contributed by atoms with Crippen LogP contribution in [0.3, 0.4) is 0 Å². The molecule has 0 spiro atoms. The lowest BCUT2D eigenvalue weighted by atomic mass is 10.1. The molecule has 1 saturated heterocycles. The average molecular weight is 312 g/mol. The third-order valence-corrected chi connectivity index (χ3v) is 4.10. The van der Waals surface area contributed by atoms with Gasteiger partial charge in [0.05, 0.1) is 18.6 Å². The van der Waals surface area contributed by atoms with Crippen molar-refractivity contribution in [2.75, 3.05) is 12.9 Å². The van der Waals surface area contributed by atoms with Crippen LogP contribution in [0.5, 0.6) is 0 Å². The molecule has 0 saturated carbocycles. The molecule has 0 amide bonds. The number of aliphatic hydroxyl groups excluding tert-OH is 3. The van der Waals surface area contributed by atoms with Gasteiger partial charge in [-0.15, -0.1) is 0 Å². The molecule has 21 heavy (non-hydrogen) atoms. The predicted octanol–water partition coefficient (Wildman–Crippen LogP) is -0.532. The van der Waals surface area contributed by atoms with Crippen LogP contribution in [0.2, 0.25) is 0 Å². The SMILES string of the molecule is CSc1nc(C)c2ncn(C3OC(CO)C(O)C3O)c2n1. The van der Waals surface area contributed by atoms with E-state index in [0.29, 0.717) is 16.3 Å². The Bertz CT molecular complexity index is 664. The molecule has 2 aromatic rings. The Morgan fingerprint density at radius 1 is 1.33 bits per heavy atom. The van der Waals surface area contributed by atoms with E-state index in [1.807, 2.05) is 13.2 Å². The normalized spacial score (nSPS) is 29.4. The van der Waals surface area contributed by atoms with Gasteiger partial charge in [0.25, 0.3) is 0 Å². The van der Waals surface area contributed by atoms with Crippen molar-refractivity contribution in [3.05, 3.63) is 12.0 Å². The van der Waals surface area contributed by atoms with Gasteiger partial charge >= 0.3 is 0 Å². The zero-order valence-corrected chi connectivity index (χ0v) is 12.4. The van der Waals surface area contributed by atoms with E-state index in [4.69, 9.17) is 9.84 Å². The van der Waals surface area contributed by atoms with E-state index in [-0.39, 0.29) is 6.61 Å². The Morgan fingerprint density at radius 3 is 2.71 bits per heavy atom. The highest BCUT2D eigenvalue weighted by atomic mass is 32.2. The quantitative estimate of drug-likeness (QED) is 0.512. The largest absolute Gasteiger partial charge is 0.394 e. The van der Waals surface area contributed by atoms with E-state index in [1.54, 1.807) is 4.57 Å². The fraction of sp³-hybridized carbons (Fsp3) is 0.583. The van der Waals surface area contributed by atoms with Crippen LogP contribution >= 0.6 is 11.8 Å². The first kappa shape index (κ1) is 14.7. The van der Waals surface area contributed by atoms with Gasteiger partial charge in [-0.05, 0) is 13.2 Å². The monoisotopic (exact) mass is 312 g/mol. The Hall–Kier alpha value is -1.26. The first-order valence-electron chi connectivity index (χ1n) is 6.44. The van der Waals surface area contributed by atoms with E-state index in [0.717, 1.165) is 5.69 Å². The Balaban J connectivity index is 2.07. The number of aryl methyl sites for hydroxylation is 1. The molecule has 3 N–H and O–H groups in total. The van der Waals surface area contributed by atoms with Gasteiger partial charge in [-0.2, -0.15) is 0 Å². The highest BCUT2D eigenvalue weighted by Crippen LogP contribution is 2.31. The number of rotatable bonds is 3. The van der Waals surface area contributed by atoms with E-state index in [2.05, 4.69) is 15.0 Å². The van der Waals surface area contributed by atoms with Gasteiger partial charge in [-0.25, -0.2) is 15.0 Å². The van der Waals surface area contributed by atoms with Crippen molar-refractivity contribution >= 4 is 22.9 Å². The van der Waals surface area contributed by atoms with Crippen molar-refractivity contribution in [1.82, 2.24) is 19.5 Å². The van der Waals surface area contributed by atoms with E-state index < -0.39 is 24.5 Å². The number of nitrogens with zero attached hydrogens (tertiary/aromatic N) is 4. The fourth-order valence-electron chi connectivity index (χ4n) is 2.42. The molecule has 0 aliphatic carbocycles. The van der Waals surface area contributed by atoms with Crippen molar-refractivity contribution in [2.24, 2.45) is 0 Å². The van der Waals surface area contributed by atoms with Gasteiger partial charge in [-0.1, -0.05) is 11.8 Å². The average Bonchev–Trinajstić information content (AvgIpc) is 3.02. The molecule has 2 aromatic heterocycles. The van der Waals surface area contributed by atoms with Crippen LogP contribution in [-0.4, -0.2) is 66.0 Å². The molecule has 9 heteroatoms. The second-order valence-electron chi connectivity index (χ2n) is 4.85. The molecule has 0 radical (unpaired) electrons. The van der Waals surface area contributed by atoms with Gasteiger partial charge in [0.15, 0.2) is 17.0 Å². The Labute approximate surface area is 124 Å². The van der Waals surface area contributed by atoms with Crippen LogP contribution in [0, 0.1) is 6.92 Å². The zero-order valence-electron chi connectivity index (χ0n) is 11.5. The molecule has 1 fully saturated rings. The first-order valence-corrected chi connectivity index (χ1v) is 7.67. The smallest absolute Gasteiger partial charge is 0.189 e. The predicted molar refractivity (Wildman–Crippen MR) is 74.9 cm³/mol. The Morgan fingerprint density at radius 2 is 2.10 bits per heavy atom. The summed E-state index contributed by atoms with van der Waals surface area (Å²) in [5, 5.41) is 29.7. The maximum absolute atomic E-state index is 10.1. The number of fused-ring (bicyclic) bond motifs is 1. The van der Waals surface area contributed by atoms with Gasteiger partial charge in [0.2, 0.25) is 0 Å². The van der Waals surface area contributed by atoms with E-state index in [9.17, 15) is 10.2 Å². The van der Waals surface area contributed by atoms with Gasteiger partial charge in [-0.3, -0.25) is 4.57 Å². The minimum atomic E-state index is -1.16. The standard InChI is InChI=1S/C12H16N4O4S/c1-5-7-10(15-12(14-5)21-2)16(4-13-7)11-9(19)8(18)6(3-17)20-11/h4,6,8-9,11,17-19H,3H2,1-2H3. The number of imidazole rings is 1. The number of thioether (sulfide) groups is 1.